The van der Waals surface area contributed by atoms with E-state index in [9.17, 15) is 0 Å². The van der Waals surface area contributed by atoms with E-state index < -0.39 is 0 Å². The summed E-state index contributed by atoms with van der Waals surface area (Å²) in [4.78, 5) is 1.11. The van der Waals surface area contributed by atoms with E-state index >= 15 is 0 Å². The Labute approximate surface area is 123 Å². The number of thiophene rings is 1. The molecule has 2 N–H and O–H groups in total. The standard InChI is InChI=1S/C16H18N2OS/c1-3-13(18)16(15-5-4-8-20-15)19-14-9-12(10-17)7-6-11(14)2/h4-9,13,16H,3,18H2,1-2H3. The molecule has 1 aromatic heterocycles. The number of nitrogens with zero attached hydrogens (tertiary/aromatic N) is 1. The van der Waals surface area contributed by atoms with Gasteiger partial charge in [0.2, 0.25) is 0 Å². The van der Waals surface area contributed by atoms with Crippen molar-refractivity contribution in [1.82, 2.24) is 0 Å². The molecule has 0 saturated heterocycles. The van der Waals surface area contributed by atoms with Gasteiger partial charge in [-0.25, -0.2) is 0 Å². The lowest BCUT2D eigenvalue weighted by Crippen LogP contribution is -2.31. The topological polar surface area (TPSA) is 59.0 Å². The molecule has 20 heavy (non-hydrogen) atoms. The molecule has 2 rings (SSSR count). The Morgan fingerprint density at radius 2 is 2.20 bits per heavy atom. The maximum absolute atomic E-state index is 9.00. The van der Waals surface area contributed by atoms with Crippen LogP contribution >= 0.6 is 11.3 Å². The third-order valence-electron chi connectivity index (χ3n) is 3.26. The lowest BCUT2D eigenvalue weighted by molar-refractivity contribution is 0.173. The summed E-state index contributed by atoms with van der Waals surface area (Å²) < 4.78 is 6.12. The zero-order valence-electron chi connectivity index (χ0n) is 11.7. The van der Waals surface area contributed by atoms with Gasteiger partial charge in [-0.15, -0.1) is 11.3 Å². The SMILES string of the molecule is CCC(N)C(Oc1cc(C#N)ccc1C)c1cccs1. The van der Waals surface area contributed by atoms with E-state index in [1.165, 1.54) is 0 Å². The molecule has 0 aliphatic carbocycles. The Kier molecular flexibility index (Phi) is 4.78. The fraction of sp³-hybridized carbons (Fsp3) is 0.312. The summed E-state index contributed by atoms with van der Waals surface area (Å²) in [6, 6.07) is 11.6. The maximum atomic E-state index is 9.00. The zero-order valence-corrected chi connectivity index (χ0v) is 12.5. The number of rotatable bonds is 5. The lowest BCUT2D eigenvalue weighted by atomic mass is 10.1. The first-order valence-electron chi connectivity index (χ1n) is 6.62. The molecule has 0 fully saturated rings. The van der Waals surface area contributed by atoms with Crippen LogP contribution in [0.2, 0.25) is 0 Å². The average Bonchev–Trinajstić information content (AvgIpc) is 2.99. The van der Waals surface area contributed by atoms with E-state index in [1.807, 2.05) is 37.4 Å². The molecule has 3 nitrogen and oxygen atoms in total. The fourth-order valence-corrected chi connectivity index (χ4v) is 2.79. The summed E-state index contributed by atoms with van der Waals surface area (Å²) >= 11 is 1.64. The van der Waals surface area contributed by atoms with Gasteiger partial charge in [0.1, 0.15) is 11.9 Å². The first kappa shape index (κ1) is 14.6. The highest BCUT2D eigenvalue weighted by atomic mass is 32.1. The average molecular weight is 286 g/mol. The Morgan fingerprint density at radius 3 is 2.80 bits per heavy atom. The van der Waals surface area contributed by atoms with Gasteiger partial charge in [0.05, 0.1) is 11.6 Å². The molecule has 0 amide bonds. The van der Waals surface area contributed by atoms with Crippen molar-refractivity contribution >= 4 is 11.3 Å². The molecule has 0 bridgehead atoms. The lowest BCUT2D eigenvalue weighted by Gasteiger charge is -2.24. The molecule has 0 saturated carbocycles. The maximum Gasteiger partial charge on any atom is 0.148 e. The van der Waals surface area contributed by atoms with Crippen molar-refractivity contribution in [2.24, 2.45) is 5.73 Å². The Morgan fingerprint density at radius 1 is 1.40 bits per heavy atom. The number of nitrogens with two attached hydrogens (primary N) is 1. The van der Waals surface area contributed by atoms with Crippen LogP contribution in [0.25, 0.3) is 0 Å². The van der Waals surface area contributed by atoms with E-state index in [2.05, 4.69) is 6.07 Å². The third-order valence-corrected chi connectivity index (χ3v) is 4.19. The van der Waals surface area contributed by atoms with Crippen molar-refractivity contribution in [1.29, 1.82) is 5.26 Å². The van der Waals surface area contributed by atoms with Crippen LogP contribution in [0.1, 0.15) is 35.5 Å². The number of hydrogen-bond acceptors (Lipinski definition) is 4. The van der Waals surface area contributed by atoms with E-state index in [0.717, 1.165) is 22.6 Å². The van der Waals surface area contributed by atoms with E-state index in [-0.39, 0.29) is 12.1 Å². The highest BCUT2D eigenvalue weighted by Gasteiger charge is 2.22. The molecule has 0 aliphatic rings. The molecule has 1 heterocycles. The van der Waals surface area contributed by atoms with Gasteiger partial charge >= 0.3 is 0 Å². The van der Waals surface area contributed by atoms with Crippen molar-refractivity contribution in [2.45, 2.75) is 32.4 Å². The molecular formula is C16H18N2OS. The van der Waals surface area contributed by atoms with Crippen LogP contribution in [0.5, 0.6) is 5.75 Å². The van der Waals surface area contributed by atoms with Gasteiger partial charge in [-0.05, 0) is 42.5 Å². The van der Waals surface area contributed by atoms with Gasteiger partial charge < -0.3 is 10.5 Å². The molecule has 4 heteroatoms. The summed E-state index contributed by atoms with van der Waals surface area (Å²) in [5.74, 6) is 0.728. The first-order valence-corrected chi connectivity index (χ1v) is 7.50. The minimum atomic E-state index is -0.173. The first-order chi connectivity index (χ1) is 9.65. The van der Waals surface area contributed by atoms with Gasteiger partial charge in [0.15, 0.2) is 0 Å². The van der Waals surface area contributed by atoms with Gasteiger partial charge in [0, 0.05) is 10.9 Å². The second-order valence-corrected chi connectivity index (χ2v) is 5.70. The van der Waals surface area contributed by atoms with Crippen molar-refractivity contribution in [3.05, 3.63) is 51.7 Å². The van der Waals surface area contributed by atoms with Crippen LogP contribution in [0.4, 0.5) is 0 Å². The van der Waals surface area contributed by atoms with Crippen molar-refractivity contribution in [3.8, 4) is 11.8 Å². The molecule has 2 aromatic rings. The number of benzene rings is 1. The molecule has 1 aromatic carbocycles. The quantitative estimate of drug-likeness (QED) is 0.909. The van der Waals surface area contributed by atoms with Gasteiger partial charge in [-0.1, -0.05) is 19.1 Å². The fourth-order valence-electron chi connectivity index (χ4n) is 1.96. The molecule has 0 radical (unpaired) electrons. The third kappa shape index (κ3) is 3.19. The second kappa shape index (κ2) is 6.56. The molecule has 2 atom stereocenters. The second-order valence-electron chi connectivity index (χ2n) is 4.72. The van der Waals surface area contributed by atoms with Crippen LogP contribution in [-0.4, -0.2) is 6.04 Å². The number of nitriles is 1. The normalized spacial score (nSPS) is 13.5. The van der Waals surface area contributed by atoms with Crippen LogP contribution in [-0.2, 0) is 0 Å². The van der Waals surface area contributed by atoms with Crippen LogP contribution in [0.3, 0.4) is 0 Å². The Hall–Kier alpha value is -1.83. The van der Waals surface area contributed by atoms with E-state index in [4.69, 9.17) is 15.7 Å². The molecule has 2 unspecified atom stereocenters. The summed E-state index contributed by atoms with van der Waals surface area (Å²) in [7, 11) is 0. The summed E-state index contributed by atoms with van der Waals surface area (Å²) in [6.45, 7) is 4.02. The Balaban J connectivity index is 2.31. The largest absolute Gasteiger partial charge is 0.483 e. The minimum Gasteiger partial charge on any atom is -0.483 e. The highest BCUT2D eigenvalue weighted by molar-refractivity contribution is 7.10. The van der Waals surface area contributed by atoms with Gasteiger partial charge in [-0.3, -0.25) is 0 Å². The molecule has 0 spiro atoms. The van der Waals surface area contributed by atoms with Crippen molar-refractivity contribution < 1.29 is 4.74 Å². The molecule has 0 aliphatic heterocycles. The predicted molar refractivity (Wildman–Crippen MR) is 81.8 cm³/mol. The molecule has 104 valence electrons. The van der Waals surface area contributed by atoms with Gasteiger partial charge in [-0.2, -0.15) is 5.26 Å². The summed E-state index contributed by atoms with van der Waals surface area (Å²) in [5, 5.41) is 11.0. The van der Waals surface area contributed by atoms with Crippen molar-refractivity contribution in [3.63, 3.8) is 0 Å². The number of hydrogen-bond donors (Lipinski definition) is 1. The smallest absolute Gasteiger partial charge is 0.148 e. The van der Waals surface area contributed by atoms with Crippen molar-refractivity contribution in [2.75, 3.05) is 0 Å². The van der Waals surface area contributed by atoms with Crippen LogP contribution in [0, 0.1) is 18.3 Å². The van der Waals surface area contributed by atoms with E-state index in [1.54, 1.807) is 23.5 Å². The summed E-state index contributed by atoms with van der Waals surface area (Å²) in [5.41, 5.74) is 7.80. The number of aryl methyl sites for hydroxylation is 1. The monoisotopic (exact) mass is 286 g/mol. The molecular weight excluding hydrogens is 268 g/mol. The predicted octanol–water partition coefficient (Wildman–Crippen LogP) is 3.79. The zero-order chi connectivity index (χ0) is 14.5. The Bertz CT molecular complexity index is 601. The summed E-state index contributed by atoms with van der Waals surface area (Å²) in [6.07, 6.45) is 0.659. The van der Waals surface area contributed by atoms with Crippen LogP contribution < -0.4 is 10.5 Å². The highest BCUT2D eigenvalue weighted by Crippen LogP contribution is 2.30. The van der Waals surface area contributed by atoms with Crippen LogP contribution in [0.15, 0.2) is 35.7 Å². The number of ether oxygens (including phenoxy) is 1. The van der Waals surface area contributed by atoms with Gasteiger partial charge in [0.25, 0.3) is 0 Å². The minimum absolute atomic E-state index is 0.0706. The van der Waals surface area contributed by atoms with E-state index in [0.29, 0.717) is 5.56 Å².